The monoisotopic (exact) mass is 202 g/mol. The van der Waals surface area contributed by atoms with Gasteiger partial charge in [0.15, 0.2) is 11.6 Å². The highest BCUT2D eigenvalue weighted by atomic mass is 16.3. The Bertz CT molecular complexity index is 480. The van der Waals surface area contributed by atoms with Crippen LogP contribution in [0.2, 0.25) is 0 Å². The smallest absolute Gasteiger partial charge is 0.159 e. The molecule has 2 rings (SSSR count). The van der Waals surface area contributed by atoms with E-state index in [2.05, 4.69) is 9.97 Å². The molecule has 1 aromatic carbocycles. The number of aryl methyl sites for hydroxylation is 1. The van der Waals surface area contributed by atoms with Crippen molar-refractivity contribution in [3.8, 4) is 22.9 Å². The molecule has 0 atom stereocenters. The predicted octanol–water partition coefficient (Wildman–Crippen LogP) is 1.86. The molecule has 4 heteroatoms. The topological polar surface area (TPSA) is 66.2 Å². The summed E-state index contributed by atoms with van der Waals surface area (Å²) < 4.78 is 0. The first kappa shape index (κ1) is 9.45. The minimum absolute atomic E-state index is 0.0363. The minimum atomic E-state index is 0.0363. The summed E-state index contributed by atoms with van der Waals surface area (Å²) in [6, 6.07) is 5.12. The zero-order chi connectivity index (χ0) is 10.8. The van der Waals surface area contributed by atoms with Gasteiger partial charge in [-0.15, -0.1) is 0 Å². The third-order valence-corrected chi connectivity index (χ3v) is 2.09. The average molecular weight is 202 g/mol. The van der Waals surface area contributed by atoms with E-state index in [1.165, 1.54) is 12.4 Å². The van der Waals surface area contributed by atoms with Crippen molar-refractivity contribution < 1.29 is 10.2 Å². The van der Waals surface area contributed by atoms with Gasteiger partial charge < -0.3 is 10.2 Å². The van der Waals surface area contributed by atoms with E-state index in [1.807, 2.05) is 0 Å². The lowest BCUT2D eigenvalue weighted by atomic mass is 10.1. The summed E-state index contributed by atoms with van der Waals surface area (Å²) >= 11 is 0. The van der Waals surface area contributed by atoms with Crippen LogP contribution in [-0.2, 0) is 0 Å². The van der Waals surface area contributed by atoms with E-state index in [0.29, 0.717) is 5.82 Å². The van der Waals surface area contributed by atoms with Gasteiger partial charge in [-0.1, -0.05) is 0 Å². The second kappa shape index (κ2) is 3.57. The fraction of sp³-hybridized carbons (Fsp3) is 0.0909. The summed E-state index contributed by atoms with van der Waals surface area (Å²) in [5, 5.41) is 18.4. The largest absolute Gasteiger partial charge is 0.508 e. The lowest BCUT2D eigenvalue weighted by Gasteiger charge is -2.02. The van der Waals surface area contributed by atoms with Gasteiger partial charge in [0.2, 0.25) is 0 Å². The zero-order valence-electron chi connectivity index (χ0n) is 8.18. The molecule has 2 aromatic rings. The molecule has 0 bridgehead atoms. The van der Waals surface area contributed by atoms with Crippen LogP contribution < -0.4 is 0 Å². The molecule has 0 saturated heterocycles. The standard InChI is InChI=1S/C11H10N2O2/c1-7-4-8(2-3-10(7)15)11-12-5-9(14)6-13-11/h2-6,14-15H,1H3. The highest BCUT2D eigenvalue weighted by molar-refractivity contribution is 5.58. The summed E-state index contributed by atoms with van der Waals surface area (Å²) in [6.45, 7) is 1.80. The van der Waals surface area contributed by atoms with Crippen molar-refractivity contribution in [2.45, 2.75) is 6.92 Å². The minimum Gasteiger partial charge on any atom is -0.508 e. The SMILES string of the molecule is Cc1cc(-c2ncc(O)cn2)ccc1O. The summed E-state index contributed by atoms with van der Waals surface area (Å²) in [5.74, 6) is 0.808. The van der Waals surface area contributed by atoms with Crippen LogP contribution in [0.1, 0.15) is 5.56 Å². The van der Waals surface area contributed by atoms with Gasteiger partial charge in [0, 0.05) is 5.56 Å². The van der Waals surface area contributed by atoms with Gasteiger partial charge in [-0.2, -0.15) is 0 Å². The normalized spacial score (nSPS) is 10.2. The quantitative estimate of drug-likeness (QED) is 0.740. The highest BCUT2D eigenvalue weighted by Gasteiger charge is 2.03. The van der Waals surface area contributed by atoms with Crippen LogP contribution in [0.4, 0.5) is 0 Å². The molecule has 0 amide bonds. The van der Waals surface area contributed by atoms with E-state index in [1.54, 1.807) is 25.1 Å². The molecule has 0 unspecified atom stereocenters. The van der Waals surface area contributed by atoms with Crippen LogP contribution in [0.15, 0.2) is 30.6 Å². The maximum Gasteiger partial charge on any atom is 0.159 e. The number of hydrogen-bond acceptors (Lipinski definition) is 4. The number of hydrogen-bond donors (Lipinski definition) is 2. The molecular formula is C11H10N2O2. The van der Waals surface area contributed by atoms with E-state index in [4.69, 9.17) is 5.11 Å². The fourth-order valence-corrected chi connectivity index (χ4v) is 1.26. The Morgan fingerprint density at radius 2 is 1.73 bits per heavy atom. The molecule has 0 radical (unpaired) electrons. The van der Waals surface area contributed by atoms with E-state index < -0.39 is 0 Å². The van der Waals surface area contributed by atoms with Crippen molar-refractivity contribution in [2.24, 2.45) is 0 Å². The molecule has 0 aliphatic rings. The van der Waals surface area contributed by atoms with Gasteiger partial charge in [-0.25, -0.2) is 9.97 Å². The first-order chi connectivity index (χ1) is 7.16. The molecular weight excluding hydrogens is 192 g/mol. The van der Waals surface area contributed by atoms with Gasteiger partial charge >= 0.3 is 0 Å². The van der Waals surface area contributed by atoms with Gasteiger partial charge in [-0.05, 0) is 30.7 Å². The van der Waals surface area contributed by atoms with Crippen LogP contribution in [0.3, 0.4) is 0 Å². The van der Waals surface area contributed by atoms with Crippen molar-refractivity contribution >= 4 is 0 Å². The van der Waals surface area contributed by atoms with Gasteiger partial charge in [0.1, 0.15) is 5.75 Å². The van der Waals surface area contributed by atoms with E-state index in [0.717, 1.165) is 11.1 Å². The van der Waals surface area contributed by atoms with Crippen LogP contribution in [-0.4, -0.2) is 20.2 Å². The summed E-state index contributed by atoms with van der Waals surface area (Å²) in [7, 11) is 0. The molecule has 1 aromatic heterocycles. The number of benzene rings is 1. The van der Waals surface area contributed by atoms with Crippen molar-refractivity contribution in [3.63, 3.8) is 0 Å². The third kappa shape index (κ3) is 1.88. The Morgan fingerprint density at radius 3 is 2.33 bits per heavy atom. The van der Waals surface area contributed by atoms with E-state index in [-0.39, 0.29) is 11.5 Å². The molecule has 0 saturated carbocycles. The van der Waals surface area contributed by atoms with Crippen LogP contribution in [0.5, 0.6) is 11.5 Å². The second-order valence-electron chi connectivity index (χ2n) is 3.27. The molecule has 0 fully saturated rings. The Kier molecular flexibility index (Phi) is 2.25. The number of phenols is 1. The first-order valence-corrected chi connectivity index (χ1v) is 4.48. The van der Waals surface area contributed by atoms with Crippen LogP contribution in [0.25, 0.3) is 11.4 Å². The third-order valence-electron chi connectivity index (χ3n) is 2.09. The van der Waals surface area contributed by atoms with E-state index in [9.17, 15) is 5.11 Å². The molecule has 15 heavy (non-hydrogen) atoms. The second-order valence-corrected chi connectivity index (χ2v) is 3.27. The fourth-order valence-electron chi connectivity index (χ4n) is 1.26. The van der Waals surface area contributed by atoms with Crippen molar-refractivity contribution in [1.82, 2.24) is 9.97 Å². The van der Waals surface area contributed by atoms with Gasteiger partial charge in [-0.3, -0.25) is 0 Å². The van der Waals surface area contributed by atoms with Crippen molar-refractivity contribution in [3.05, 3.63) is 36.2 Å². The molecule has 0 aliphatic carbocycles. The molecule has 2 N–H and O–H groups in total. The number of aromatic hydroxyl groups is 2. The van der Waals surface area contributed by atoms with Crippen molar-refractivity contribution in [2.75, 3.05) is 0 Å². The zero-order valence-corrected chi connectivity index (χ0v) is 8.18. The van der Waals surface area contributed by atoms with E-state index >= 15 is 0 Å². The van der Waals surface area contributed by atoms with Crippen LogP contribution in [0, 0.1) is 6.92 Å². The lowest BCUT2D eigenvalue weighted by molar-refractivity contribution is 0.469. The average Bonchev–Trinajstić information content (AvgIpc) is 2.23. The molecule has 76 valence electrons. The summed E-state index contributed by atoms with van der Waals surface area (Å²) in [6.07, 6.45) is 2.68. The maximum atomic E-state index is 9.35. The van der Waals surface area contributed by atoms with Gasteiger partial charge in [0.05, 0.1) is 12.4 Å². The highest BCUT2D eigenvalue weighted by Crippen LogP contribution is 2.23. The van der Waals surface area contributed by atoms with Gasteiger partial charge in [0.25, 0.3) is 0 Å². The summed E-state index contributed by atoms with van der Waals surface area (Å²) in [4.78, 5) is 7.95. The van der Waals surface area contributed by atoms with Crippen molar-refractivity contribution in [1.29, 1.82) is 0 Å². The molecule has 0 spiro atoms. The maximum absolute atomic E-state index is 9.35. The number of nitrogens with zero attached hydrogens (tertiary/aromatic N) is 2. The number of phenolic OH excluding ortho intramolecular Hbond substituents is 1. The number of rotatable bonds is 1. The Labute approximate surface area is 86.9 Å². The Hall–Kier alpha value is -2.10. The summed E-state index contributed by atoms with van der Waals surface area (Å²) in [5.41, 5.74) is 1.58. The molecule has 1 heterocycles. The Balaban J connectivity index is 2.45. The Morgan fingerprint density at radius 1 is 1.07 bits per heavy atom. The number of aromatic nitrogens is 2. The predicted molar refractivity (Wildman–Crippen MR) is 55.5 cm³/mol. The molecule has 4 nitrogen and oxygen atoms in total. The first-order valence-electron chi connectivity index (χ1n) is 4.48. The lowest BCUT2D eigenvalue weighted by Crippen LogP contribution is -1.88. The molecule has 0 aliphatic heterocycles. The van der Waals surface area contributed by atoms with Crippen LogP contribution >= 0.6 is 0 Å².